The second kappa shape index (κ2) is 7.53. The average Bonchev–Trinajstić information content (AvgIpc) is 2.22. The Bertz CT molecular complexity index is 231. The first-order valence-electron chi connectivity index (χ1n) is 5.81. The topological polar surface area (TPSA) is 41.1 Å². The zero-order chi connectivity index (χ0) is 13.5. The van der Waals surface area contributed by atoms with Gasteiger partial charge >= 0.3 is 6.18 Å². The highest BCUT2D eigenvalue weighted by molar-refractivity contribution is 5.78. The van der Waals surface area contributed by atoms with E-state index in [4.69, 9.17) is 0 Å². The quantitative estimate of drug-likeness (QED) is 0.730. The van der Waals surface area contributed by atoms with Gasteiger partial charge in [0.25, 0.3) is 0 Å². The van der Waals surface area contributed by atoms with Crippen molar-refractivity contribution >= 4 is 5.91 Å². The fraction of sp³-hybridized carbons (Fsp3) is 0.909. The van der Waals surface area contributed by atoms with Gasteiger partial charge in [-0.2, -0.15) is 13.2 Å². The Balaban J connectivity index is 3.69. The molecule has 102 valence electrons. The molecule has 1 amide bonds. The second-order valence-corrected chi connectivity index (χ2v) is 4.42. The number of nitrogens with one attached hydrogen (secondary N) is 2. The second-order valence-electron chi connectivity index (χ2n) is 4.42. The van der Waals surface area contributed by atoms with Gasteiger partial charge in [0.15, 0.2) is 0 Å². The first kappa shape index (κ1) is 16.2. The van der Waals surface area contributed by atoms with Gasteiger partial charge in [-0.15, -0.1) is 0 Å². The van der Waals surface area contributed by atoms with Gasteiger partial charge in [-0.25, -0.2) is 0 Å². The van der Waals surface area contributed by atoms with Crippen LogP contribution >= 0.6 is 0 Å². The number of hydrogen-bond acceptors (Lipinski definition) is 2. The largest absolute Gasteiger partial charge is 0.405 e. The lowest BCUT2D eigenvalue weighted by Gasteiger charge is -2.17. The SMILES string of the molecule is CCC(C)CC(C)NCC(=O)NCC(F)(F)F. The van der Waals surface area contributed by atoms with Gasteiger partial charge < -0.3 is 10.6 Å². The fourth-order valence-electron chi connectivity index (χ4n) is 1.38. The molecule has 0 saturated heterocycles. The summed E-state index contributed by atoms with van der Waals surface area (Å²) < 4.78 is 35.4. The van der Waals surface area contributed by atoms with Gasteiger partial charge in [0.2, 0.25) is 5.91 Å². The minimum absolute atomic E-state index is 0.0757. The summed E-state index contributed by atoms with van der Waals surface area (Å²) in [4.78, 5) is 11.1. The van der Waals surface area contributed by atoms with Crippen LogP contribution in [-0.2, 0) is 4.79 Å². The minimum atomic E-state index is -4.35. The lowest BCUT2D eigenvalue weighted by molar-refractivity contribution is -0.137. The van der Waals surface area contributed by atoms with E-state index in [1.54, 1.807) is 0 Å². The van der Waals surface area contributed by atoms with Crippen molar-refractivity contribution in [3.8, 4) is 0 Å². The molecule has 0 radical (unpaired) electrons. The van der Waals surface area contributed by atoms with E-state index in [0.29, 0.717) is 5.92 Å². The van der Waals surface area contributed by atoms with Crippen LogP contribution in [0, 0.1) is 5.92 Å². The van der Waals surface area contributed by atoms with Crippen LogP contribution in [0.2, 0.25) is 0 Å². The molecule has 2 N–H and O–H groups in total. The van der Waals surface area contributed by atoms with Crippen LogP contribution in [0.3, 0.4) is 0 Å². The van der Waals surface area contributed by atoms with Crippen molar-refractivity contribution in [3.05, 3.63) is 0 Å². The molecule has 0 aliphatic heterocycles. The molecule has 6 heteroatoms. The molecule has 0 bridgehead atoms. The van der Waals surface area contributed by atoms with Crippen molar-refractivity contribution in [1.29, 1.82) is 0 Å². The zero-order valence-electron chi connectivity index (χ0n) is 10.5. The molecule has 0 fully saturated rings. The highest BCUT2D eigenvalue weighted by Gasteiger charge is 2.27. The van der Waals surface area contributed by atoms with Crippen molar-refractivity contribution in [3.63, 3.8) is 0 Å². The molecule has 0 heterocycles. The molecule has 0 aromatic heterocycles. The summed E-state index contributed by atoms with van der Waals surface area (Å²) in [5.41, 5.74) is 0. The van der Waals surface area contributed by atoms with E-state index in [0.717, 1.165) is 12.8 Å². The van der Waals surface area contributed by atoms with Gasteiger partial charge in [-0.3, -0.25) is 4.79 Å². The standard InChI is InChI=1S/C11H21F3N2O/c1-4-8(2)5-9(3)15-6-10(17)16-7-11(12,13)14/h8-9,15H,4-7H2,1-3H3,(H,16,17). The Labute approximate surface area is 100 Å². The third-order valence-electron chi connectivity index (χ3n) is 2.55. The van der Waals surface area contributed by atoms with Crippen molar-refractivity contribution in [2.24, 2.45) is 5.92 Å². The summed E-state index contributed by atoms with van der Waals surface area (Å²) in [5, 5.41) is 4.72. The average molecular weight is 254 g/mol. The van der Waals surface area contributed by atoms with Gasteiger partial charge in [-0.05, 0) is 19.3 Å². The van der Waals surface area contributed by atoms with E-state index in [9.17, 15) is 18.0 Å². The smallest absolute Gasteiger partial charge is 0.346 e. The van der Waals surface area contributed by atoms with E-state index < -0.39 is 18.6 Å². The summed E-state index contributed by atoms with van der Waals surface area (Å²) in [6, 6.07) is 0.126. The molecule has 17 heavy (non-hydrogen) atoms. The number of amides is 1. The Morgan fingerprint density at radius 3 is 2.35 bits per heavy atom. The van der Waals surface area contributed by atoms with E-state index in [1.165, 1.54) is 0 Å². The number of carbonyl (C=O) groups is 1. The van der Waals surface area contributed by atoms with Crippen molar-refractivity contribution < 1.29 is 18.0 Å². The molecule has 2 atom stereocenters. The van der Waals surface area contributed by atoms with Crippen LogP contribution in [0.1, 0.15) is 33.6 Å². The zero-order valence-corrected chi connectivity index (χ0v) is 10.5. The Kier molecular flexibility index (Phi) is 7.18. The van der Waals surface area contributed by atoms with Crippen LogP contribution in [0.25, 0.3) is 0 Å². The summed E-state index contributed by atoms with van der Waals surface area (Å²) in [6.07, 6.45) is -2.40. The summed E-state index contributed by atoms with van der Waals surface area (Å²) >= 11 is 0. The maximum atomic E-state index is 11.8. The molecule has 0 rings (SSSR count). The Hall–Kier alpha value is -0.780. The van der Waals surface area contributed by atoms with Crippen molar-refractivity contribution in [2.45, 2.75) is 45.8 Å². The lowest BCUT2D eigenvalue weighted by atomic mass is 10.0. The van der Waals surface area contributed by atoms with E-state index in [1.807, 2.05) is 12.2 Å². The normalized spacial score (nSPS) is 15.4. The molecular formula is C11H21F3N2O. The van der Waals surface area contributed by atoms with Gasteiger partial charge in [0.05, 0.1) is 6.54 Å². The van der Waals surface area contributed by atoms with Crippen molar-refractivity contribution in [2.75, 3.05) is 13.1 Å². The Morgan fingerprint density at radius 1 is 1.29 bits per heavy atom. The molecule has 0 aromatic rings. The molecular weight excluding hydrogens is 233 g/mol. The predicted molar refractivity (Wildman–Crippen MR) is 60.6 cm³/mol. The molecule has 0 saturated carbocycles. The summed E-state index contributed by atoms with van der Waals surface area (Å²) in [7, 11) is 0. The maximum Gasteiger partial charge on any atom is 0.405 e. The van der Waals surface area contributed by atoms with Gasteiger partial charge in [-0.1, -0.05) is 20.3 Å². The van der Waals surface area contributed by atoms with E-state index >= 15 is 0 Å². The Morgan fingerprint density at radius 2 is 1.88 bits per heavy atom. The van der Waals surface area contributed by atoms with Crippen molar-refractivity contribution in [1.82, 2.24) is 10.6 Å². The number of carbonyl (C=O) groups excluding carboxylic acids is 1. The number of halogens is 3. The number of alkyl halides is 3. The molecule has 2 unspecified atom stereocenters. The number of rotatable bonds is 7. The number of hydrogen-bond donors (Lipinski definition) is 2. The van der Waals surface area contributed by atoms with Crippen LogP contribution in [-0.4, -0.2) is 31.2 Å². The minimum Gasteiger partial charge on any atom is -0.346 e. The molecule has 3 nitrogen and oxygen atoms in total. The molecule has 0 aromatic carbocycles. The monoisotopic (exact) mass is 254 g/mol. The summed E-state index contributed by atoms with van der Waals surface area (Å²) in [6.45, 7) is 4.75. The van der Waals surface area contributed by atoms with Gasteiger partial charge in [0, 0.05) is 6.04 Å². The maximum absolute atomic E-state index is 11.8. The summed E-state index contributed by atoms with van der Waals surface area (Å²) in [5.74, 6) is -0.0888. The van der Waals surface area contributed by atoms with Crippen LogP contribution < -0.4 is 10.6 Å². The molecule has 0 aliphatic rings. The molecule has 0 aliphatic carbocycles. The predicted octanol–water partition coefficient (Wildman–Crippen LogP) is 2.08. The first-order chi connectivity index (χ1) is 7.74. The highest BCUT2D eigenvalue weighted by atomic mass is 19.4. The third-order valence-corrected chi connectivity index (χ3v) is 2.55. The highest BCUT2D eigenvalue weighted by Crippen LogP contribution is 2.12. The van der Waals surface area contributed by atoms with Gasteiger partial charge in [0.1, 0.15) is 6.54 Å². The van der Waals surface area contributed by atoms with E-state index in [2.05, 4.69) is 19.2 Å². The van der Waals surface area contributed by atoms with Crippen LogP contribution in [0.4, 0.5) is 13.2 Å². The van der Waals surface area contributed by atoms with Crippen LogP contribution in [0.5, 0.6) is 0 Å². The van der Waals surface area contributed by atoms with Crippen LogP contribution in [0.15, 0.2) is 0 Å². The third kappa shape index (κ3) is 10.1. The first-order valence-corrected chi connectivity index (χ1v) is 5.81. The fourth-order valence-corrected chi connectivity index (χ4v) is 1.38. The molecule has 0 spiro atoms. The lowest BCUT2D eigenvalue weighted by Crippen LogP contribution is -2.41. The van der Waals surface area contributed by atoms with E-state index in [-0.39, 0.29) is 12.6 Å².